The van der Waals surface area contributed by atoms with Crippen LogP contribution in [-0.4, -0.2) is 46.8 Å². The average molecular weight is 276 g/mol. The van der Waals surface area contributed by atoms with Gasteiger partial charge in [0.2, 0.25) is 0 Å². The molecule has 1 fully saturated rings. The van der Waals surface area contributed by atoms with Gasteiger partial charge in [-0.05, 0) is 12.8 Å². The predicted molar refractivity (Wildman–Crippen MR) is 70.2 cm³/mol. The lowest BCUT2D eigenvalue weighted by molar-refractivity contribution is -0.138. The van der Waals surface area contributed by atoms with Gasteiger partial charge >= 0.3 is 5.97 Å². The molecule has 1 saturated heterocycles. The Morgan fingerprint density at radius 1 is 1.45 bits per heavy atom. The molecule has 20 heavy (non-hydrogen) atoms. The van der Waals surface area contributed by atoms with E-state index in [1.165, 1.54) is 6.20 Å². The first-order valence-corrected chi connectivity index (χ1v) is 6.49. The summed E-state index contributed by atoms with van der Waals surface area (Å²) in [6, 6.07) is 1.94. The molecule has 1 aliphatic heterocycles. The summed E-state index contributed by atoms with van der Waals surface area (Å²) in [6.45, 7) is 1.84. The molecular weight excluding hydrogens is 260 g/mol. The van der Waals surface area contributed by atoms with Crippen LogP contribution in [0.5, 0.6) is 0 Å². The molecule has 0 aliphatic carbocycles. The van der Waals surface area contributed by atoms with Crippen molar-refractivity contribution in [3.8, 4) is 6.07 Å². The number of ether oxygens (including phenoxy) is 1. The number of carbonyl (C=O) groups is 1. The van der Waals surface area contributed by atoms with E-state index in [0.717, 1.165) is 31.7 Å². The fourth-order valence-corrected chi connectivity index (χ4v) is 2.11. The van der Waals surface area contributed by atoms with Gasteiger partial charge in [-0.2, -0.15) is 5.26 Å². The lowest BCUT2D eigenvalue weighted by Gasteiger charge is -2.32. The number of aromatic nitrogens is 2. The first-order valence-electron chi connectivity index (χ1n) is 6.49. The van der Waals surface area contributed by atoms with Gasteiger partial charge in [0.05, 0.1) is 31.5 Å². The summed E-state index contributed by atoms with van der Waals surface area (Å²) in [6.07, 6.45) is 4.88. The van der Waals surface area contributed by atoms with Crippen LogP contribution >= 0.6 is 0 Å². The Morgan fingerprint density at radius 3 is 2.75 bits per heavy atom. The van der Waals surface area contributed by atoms with Crippen LogP contribution < -0.4 is 4.90 Å². The Morgan fingerprint density at radius 2 is 2.20 bits per heavy atom. The fraction of sp³-hybridized carbons (Fsp3) is 0.538. The Labute approximate surface area is 116 Å². The molecule has 0 aromatic carbocycles. The van der Waals surface area contributed by atoms with Crippen molar-refractivity contribution >= 4 is 11.8 Å². The van der Waals surface area contributed by atoms with Gasteiger partial charge in [-0.25, -0.2) is 9.97 Å². The fourth-order valence-electron chi connectivity index (χ4n) is 2.11. The molecule has 1 aromatic heterocycles. The molecule has 0 spiro atoms. The molecule has 0 bridgehead atoms. The second kappa shape index (κ2) is 6.82. The number of carboxylic acid groups (broad SMARTS) is 1. The summed E-state index contributed by atoms with van der Waals surface area (Å²) in [5.74, 6) is -0.0803. The van der Waals surface area contributed by atoms with E-state index in [-0.39, 0.29) is 19.1 Å². The van der Waals surface area contributed by atoms with Crippen molar-refractivity contribution in [3.05, 3.63) is 18.1 Å². The van der Waals surface area contributed by atoms with Crippen LogP contribution in [0.15, 0.2) is 12.4 Å². The minimum atomic E-state index is -0.838. The van der Waals surface area contributed by atoms with Gasteiger partial charge in [-0.1, -0.05) is 0 Å². The van der Waals surface area contributed by atoms with Crippen LogP contribution in [-0.2, 0) is 9.53 Å². The van der Waals surface area contributed by atoms with E-state index in [4.69, 9.17) is 15.1 Å². The number of hydrogen-bond donors (Lipinski definition) is 1. The maximum Gasteiger partial charge on any atom is 0.305 e. The third kappa shape index (κ3) is 3.90. The third-order valence-electron chi connectivity index (χ3n) is 3.19. The summed E-state index contributed by atoms with van der Waals surface area (Å²) >= 11 is 0. The SMILES string of the molecule is N#Cc1cnc(N2CCC(OCCC(=O)O)CC2)cn1. The van der Waals surface area contributed by atoms with Gasteiger partial charge in [0.1, 0.15) is 11.9 Å². The van der Waals surface area contributed by atoms with E-state index in [1.807, 2.05) is 6.07 Å². The summed E-state index contributed by atoms with van der Waals surface area (Å²) in [7, 11) is 0. The molecule has 106 valence electrons. The van der Waals surface area contributed by atoms with Crippen LogP contribution in [0, 0.1) is 11.3 Å². The number of aliphatic carboxylic acids is 1. The van der Waals surface area contributed by atoms with Gasteiger partial charge in [-0.15, -0.1) is 0 Å². The Kier molecular flexibility index (Phi) is 4.85. The second-order valence-corrected chi connectivity index (χ2v) is 4.57. The molecule has 0 saturated carbocycles. The molecule has 7 heteroatoms. The summed E-state index contributed by atoms with van der Waals surface area (Å²) in [5.41, 5.74) is 0.306. The topological polar surface area (TPSA) is 99.3 Å². The third-order valence-corrected chi connectivity index (χ3v) is 3.19. The highest BCUT2D eigenvalue weighted by molar-refractivity contribution is 5.66. The first-order chi connectivity index (χ1) is 9.69. The number of nitrogens with zero attached hydrogens (tertiary/aromatic N) is 4. The van der Waals surface area contributed by atoms with Gasteiger partial charge in [-0.3, -0.25) is 4.79 Å². The van der Waals surface area contributed by atoms with Crippen LogP contribution in [0.3, 0.4) is 0 Å². The molecular formula is C13H16N4O3. The lowest BCUT2D eigenvalue weighted by Crippen LogP contribution is -2.37. The largest absolute Gasteiger partial charge is 0.481 e. The Hall–Kier alpha value is -2.20. The second-order valence-electron chi connectivity index (χ2n) is 4.57. The van der Waals surface area contributed by atoms with E-state index in [0.29, 0.717) is 5.69 Å². The zero-order valence-corrected chi connectivity index (χ0v) is 11.0. The van der Waals surface area contributed by atoms with Crippen LogP contribution in [0.4, 0.5) is 5.82 Å². The van der Waals surface area contributed by atoms with E-state index < -0.39 is 5.97 Å². The molecule has 1 aliphatic rings. The number of rotatable bonds is 5. The average Bonchev–Trinajstić information content (AvgIpc) is 2.48. The maximum absolute atomic E-state index is 10.4. The van der Waals surface area contributed by atoms with E-state index >= 15 is 0 Å². The molecule has 0 amide bonds. The predicted octanol–water partition coefficient (Wildman–Crippen LogP) is 0.808. The molecule has 7 nitrogen and oxygen atoms in total. The standard InChI is InChI=1S/C13H16N4O3/c14-7-10-8-16-12(9-15-10)17-4-1-11(2-5-17)20-6-3-13(18)19/h8-9,11H,1-6H2,(H,18,19). The van der Waals surface area contributed by atoms with Crippen LogP contribution in [0.25, 0.3) is 0 Å². The van der Waals surface area contributed by atoms with Gasteiger partial charge < -0.3 is 14.7 Å². The van der Waals surface area contributed by atoms with Gasteiger partial charge in [0.15, 0.2) is 5.69 Å². The lowest BCUT2D eigenvalue weighted by atomic mass is 10.1. The Balaban J connectivity index is 1.78. The molecule has 1 aromatic rings. The summed E-state index contributed by atoms with van der Waals surface area (Å²) in [5, 5.41) is 17.2. The van der Waals surface area contributed by atoms with E-state index in [1.54, 1.807) is 6.20 Å². The number of carboxylic acids is 1. The quantitative estimate of drug-likeness (QED) is 0.849. The van der Waals surface area contributed by atoms with Crippen molar-refractivity contribution in [2.45, 2.75) is 25.4 Å². The minimum absolute atomic E-state index is 0.0430. The van der Waals surface area contributed by atoms with E-state index in [9.17, 15) is 4.79 Å². The highest BCUT2D eigenvalue weighted by atomic mass is 16.5. The molecule has 0 radical (unpaired) electrons. The zero-order valence-electron chi connectivity index (χ0n) is 11.0. The monoisotopic (exact) mass is 276 g/mol. The normalized spacial score (nSPS) is 15.8. The number of anilines is 1. The summed E-state index contributed by atoms with van der Waals surface area (Å²) < 4.78 is 5.53. The molecule has 0 unspecified atom stereocenters. The van der Waals surface area contributed by atoms with Crippen molar-refractivity contribution in [3.63, 3.8) is 0 Å². The van der Waals surface area contributed by atoms with Crippen molar-refractivity contribution in [1.82, 2.24) is 9.97 Å². The van der Waals surface area contributed by atoms with Crippen LogP contribution in [0.1, 0.15) is 25.0 Å². The smallest absolute Gasteiger partial charge is 0.305 e. The van der Waals surface area contributed by atoms with Crippen molar-refractivity contribution in [1.29, 1.82) is 5.26 Å². The first kappa shape index (κ1) is 14.2. The Bertz CT molecular complexity index is 489. The number of nitriles is 1. The highest BCUT2D eigenvalue weighted by Gasteiger charge is 2.20. The molecule has 2 heterocycles. The van der Waals surface area contributed by atoms with Gasteiger partial charge in [0.25, 0.3) is 0 Å². The molecule has 1 N–H and O–H groups in total. The molecule has 2 rings (SSSR count). The zero-order chi connectivity index (χ0) is 14.4. The van der Waals surface area contributed by atoms with E-state index in [2.05, 4.69) is 14.9 Å². The van der Waals surface area contributed by atoms with Crippen LogP contribution in [0.2, 0.25) is 0 Å². The van der Waals surface area contributed by atoms with Crippen molar-refractivity contribution < 1.29 is 14.6 Å². The number of piperidine rings is 1. The summed E-state index contributed by atoms with van der Waals surface area (Å²) in [4.78, 5) is 20.7. The van der Waals surface area contributed by atoms with Crippen molar-refractivity contribution in [2.24, 2.45) is 0 Å². The van der Waals surface area contributed by atoms with Crippen molar-refractivity contribution in [2.75, 3.05) is 24.6 Å². The molecule has 0 atom stereocenters. The highest BCUT2D eigenvalue weighted by Crippen LogP contribution is 2.19. The number of hydrogen-bond acceptors (Lipinski definition) is 6. The van der Waals surface area contributed by atoms with Gasteiger partial charge in [0, 0.05) is 13.1 Å². The maximum atomic E-state index is 10.4. The minimum Gasteiger partial charge on any atom is -0.481 e.